The molecule has 2 aromatic rings. The van der Waals surface area contributed by atoms with E-state index in [1.165, 1.54) is 25.8 Å². The smallest absolute Gasteiger partial charge is 0.249 e. The minimum Gasteiger partial charge on any atom is -0.480 e. The number of carbonyl (C=O) groups excluding carboxylic acids is 1. The van der Waals surface area contributed by atoms with E-state index < -0.39 is 0 Å². The van der Waals surface area contributed by atoms with Crippen LogP contribution in [-0.2, 0) is 0 Å². The number of rotatable bonds is 3. The van der Waals surface area contributed by atoms with Crippen LogP contribution in [0.2, 0.25) is 0 Å². The molecule has 0 radical (unpaired) electrons. The SMILES string of the molecule is COc1cnc(C(=O)c2ncn[nH]2)cn1. The summed E-state index contributed by atoms with van der Waals surface area (Å²) in [6, 6.07) is 0. The second-order valence-corrected chi connectivity index (χ2v) is 2.61. The van der Waals surface area contributed by atoms with Crippen LogP contribution in [0.25, 0.3) is 0 Å². The van der Waals surface area contributed by atoms with E-state index in [0.717, 1.165) is 0 Å². The van der Waals surface area contributed by atoms with Crippen LogP contribution < -0.4 is 4.74 Å². The maximum Gasteiger partial charge on any atom is 0.249 e. The number of nitrogens with zero attached hydrogens (tertiary/aromatic N) is 4. The van der Waals surface area contributed by atoms with E-state index in [-0.39, 0.29) is 17.3 Å². The molecule has 0 aliphatic heterocycles. The lowest BCUT2D eigenvalue weighted by atomic mass is 10.3. The van der Waals surface area contributed by atoms with Crippen molar-refractivity contribution in [2.24, 2.45) is 0 Å². The second kappa shape index (κ2) is 3.82. The normalized spacial score (nSPS) is 9.93. The summed E-state index contributed by atoms with van der Waals surface area (Å²) in [7, 11) is 1.47. The van der Waals surface area contributed by atoms with Crippen molar-refractivity contribution in [1.82, 2.24) is 25.1 Å². The molecule has 15 heavy (non-hydrogen) atoms. The number of methoxy groups -OCH3 is 1. The minimum atomic E-state index is -0.359. The molecule has 0 fully saturated rings. The van der Waals surface area contributed by atoms with Crippen LogP contribution in [0.15, 0.2) is 18.7 Å². The molecule has 2 rings (SSSR count). The standard InChI is InChI=1S/C8H7N5O2/c1-15-6-3-9-5(2-10-6)7(14)8-11-4-12-13-8/h2-4H,1H3,(H,11,12,13). The fourth-order valence-electron chi connectivity index (χ4n) is 0.975. The number of aromatic amines is 1. The third kappa shape index (κ3) is 1.80. The van der Waals surface area contributed by atoms with Crippen molar-refractivity contribution in [3.05, 3.63) is 30.2 Å². The Labute approximate surface area is 84.5 Å². The lowest BCUT2D eigenvalue weighted by molar-refractivity contribution is 0.102. The number of H-pyrrole nitrogens is 1. The molecule has 7 heteroatoms. The Hall–Kier alpha value is -2.31. The Bertz CT molecular complexity index is 450. The van der Waals surface area contributed by atoms with Gasteiger partial charge in [-0.3, -0.25) is 9.89 Å². The van der Waals surface area contributed by atoms with Gasteiger partial charge >= 0.3 is 0 Å². The van der Waals surface area contributed by atoms with Gasteiger partial charge in [0.15, 0.2) is 5.82 Å². The molecule has 2 heterocycles. The van der Waals surface area contributed by atoms with Gasteiger partial charge in [-0.2, -0.15) is 5.10 Å². The molecule has 0 amide bonds. The van der Waals surface area contributed by atoms with Crippen LogP contribution in [0.3, 0.4) is 0 Å². The first-order valence-electron chi connectivity index (χ1n) is 4.07. The monoisotopic (exact) mass is 205 g/mol. The molecule has 0 saturated heterocycles. The summed E-state index contributed by atoms with van der Waals surface area (Å²) in [5.41, 5.74) is 0.188. The van der Waals surface area contributed by atoms with Gasteiger partial charge in [0.05, 0.1) is 19.5 Å². The van der Waals surface area contributed by atoms with Crippen LogP contribution in [0.5, 0.6) is 5.88 Å². The topological polar surface area (TPSA) is 93.6 Å². The van der Waals surface area contributed by atoms with E-state index in [2.05, 4.69) is 25.1 Å². The van der Waals surface area contributed by atoms with Gasteiger partial charge in [0.25, 0.3) is 0 Å². The molecule has 0 saturated carbocycles. The lowest BCUT2D eigenvalue weighted by Crippen LogP contribution is -2.07. The number of ketones is 1. The molecule has 1 N–H and O–H groups in total. The largest absolute Gasteiger partial charge is 0.480 e. The van der Waals surface area contributed by atoms with Crippen molar-refractivity contribution >= 4 is 5.78 Å². The van der Waals surface area contributed by atoms with Crippen LogP contribution in [0, 0.1) is 0 Å². The van der Waals surface area contributed by atoms with E-state index >= 15 is 0 Å². The highest BCUT2D eigenvalue weighted by Gasteiger charge is 2.13. The zero-order valence-corrected chi connectivity index (χ0v) is 7.84. The fourth-order valence-corrected chi connectivity index (χ4v) is 0.975. The van der Waals surface area contributed by atoms with Crippen molar-refractivity contribution in [2.45, 2.75) is 0 Å². The first kappa shape index (κ1) is 9.25. The van der Waals surface area contributed by atoms with Gasteiger partial charge < -0.3 is 4.74 Å². The van der Waals surface area contributed by atoms with E-state index in [4.69, 9.17) is 4.74 Å². The van der Waals surface area contributed by atoms with Gasteiger partial charge in [0.2, 0.25) is 11.7 Å². The van der Waals surface area contributed by atoms with Gasteiger partial charge in [-0.25, -0.2) is 15.0 Å². The molecule has 0 unspecified atom stereocenters. The molecule has 0 aliphatic carbocycles. The van der Waals surface area contributed by atoms with Crippen molar-refractivity contribution in [2.75, 3.05) is 7.11 Å². The summed E-state index contributed by atoms with van der Waals surface area (Å²) in [5.74, 6) is 0.126. The van der Waals surface area contributed by atoms with Crippen LogP contribution in [0.4, 0.5) is 0 Å². The van der Waals surface area contributed by atoms with Crippen molar-refractivity contribution in [3.8, 4) is 5.88 Å². The highest BCUT2D eigenvalue weighted by Crippen LogP contribution is 2.05. The summed E-state index contributed by atoms with van der Waals surface area (Å²) in [6.45, 7) is 0. The second-order valence-electron chi connectivity index (χ2n) is 2.61. The number of carbonyl (C=O) groups is 1. The first-order chi connectivity index (χ1) is 7.31. The highest BCUT2D eigenvalue weighted by atomic mass is 16.5. The number of ether oxygens (including phenoxy) is 1. The Morgan fingerprint density at radius 2 is 2.20 bits per heavy atom. The minimum absolute atomic E-state index is 0.134. The quantitative estimate of drug-likeness (QED) is 0.699. The zero-order chi connectivity index (χ0) is 10.7. The van der Waals surface area contributed by atoms with Crippen molar-refractivity contribution in [1.29, 1.82) is 0 Å². The summed E-state index contributed by atoms with van der Waals surface area (Å²) < 4.78 is 4.82. The number of nitrogens with one attached hydrogen (secondary N) is 1. The van der Waals surface area contributed by atoms with Gasteiger partial charge in [-0.05, 0) is 0 Å². The molecule has 0 spiro atoms. The number of hydrogen-bond acceptors (Lipinski definition) is 6. The first-order valence-corrected chi connectivity index (χ1v) is 4.07. The third-order valence-corrected chi connectivity index (χ3v) is 1.70. The van der Waals surface area contributed by atoms with Crippen molar-refractivity contribution in [3.63, 3.8) is 0 Å². The summed E-state index contributed by atoms with van der Waals surface area (Å²) in [6.07, 6.45) is 3.94. The zero-order valence-electron chi connectivity index (χ0n) is 7.84. The van der Waals surface area contributed by atoms with Gasteiger partial charge in [-0.15, -0.1) is 0 Å². The molecule has 0 bridgehead atoms. The summed E-state index contributed by atoms with van der Waals surface area (Å²) >= 11 is 0. The lowest BCUT2D eigenvalue weighted by Gasteiger charge is -1.98. The molecule has 76 valence electrons. The Balaban J connectivity index is 2.27. The molecule has 7 nitrogen and oxygen atoms in total. The van der Waals surface area contributed by atoms with Crippen LogP contribution in [0.1, 0.15) is 16.3 Å². The van der Waals surface area contributed by atoms with Crippen LogP contribution >= 0.6 is 0 Å². The van der Waals surface area contributed by atoms with Crippen LogP contribution in [-0.4, -0.2) is 38.0 Å². The molecule has 0 aromatic carbocycles. The van der Waals surface area contributed by atoms with E-state index in [0.29, 0.717) is 5.88 Å². The summed E-state index contributed by atoms with van der Waals surface area (Å²) in [4.78, 5) is 23.1. The predicted octanol–water partition coefficient (Wildman–Crippen LogP) is -0.166. The van der Waals surface area contributed by atoms with Gasteiger partial charge in [0, 0.05) is 0 Å². The molecular formula is C8H7N5O2. The molecule has 0 atom stereocenters. The highest BCUT2D eigenvalue weighted by molar-refractivity contribution is 6.04. The molecule has 2 aromatic heterocycles. The third-order valence-electron chi connectivity index (χ3n) is 1.70. The van der Waals surface area contributed by atoms with E-state index in [1.54, 1.807) is 0 Å². The Kier molecular flexibility index (Phi) is 2.36. The summed E-state index contributed by atoms with van der Waals surface area (Å²) in [5, 5.41) is 6.03. The van der Waals surface area contributed by atoms with E-state index in [1.807, 2.05) is 0 Å². The van der Waals surface area contributed by atoms with Crippen molar-refractivity contribution < 1.29 is 9.53 Å². The average molecular weight is 205 g/mol. The maximum absolute atomic E-state index is 11.6. The molecular weight excluding hydrogens is 198 g/mol. The Morgan fingerprint density at radius 3 is 2.73 bits per heavy atom. The number of aromatic nitrogens is 5. The molecule has 0 aliphatic rings. The van der Waals surface area contributed by atoms with Gasteiger partial charge in [0.1, 0.15) is 12.0 Å². The average Bonchev–Trinajstić information content (AvgIpc) is 2.82. The predicted molar refractivity (Wildman–Crippen MR) is 48.4 cm³/mol. The Morgan fingerprint density at radius 1 is 1.33 bits per heavy atom. The maximum atomic E-state index is 11.6. The fraction of sp³-hybridized carbons (Fsp3) is 0.125. The van der Waals surface area contributed by atoms with E-state index in [9.17, 15) is 4.79 Å². The van der Waals surface area contributed by atoms with Gasteiger partial charge in [-0.1, -0.05) is 0 Å². The number of hydrogen-bond donors (Lipinski definition) is 1.